The zero-order chi connectivity index (χ0) is 28.0. The highest BCUT2D eigenvalue weighted by Gasteiger charge is 2.23. The van der Waals surface area contributed by atoms with Crippen molar-refractivity contribution in [1.82, 2.24) is 14.9 Å². The molecule has 210 valence electrons. The SMILES string of the molecule is COCCOc1cc(Nc2ncc(Cl)c(Nc3ccccc3P(C)(C)=O)n2)ccc1N1CCC(N(C)C)CC1. The van der Waals surface area contributed by atoms with Crippen molar-refractivity contribution in [2.24, 2.45) is 0 Å². The summed E-state index contributed by atoms with van der Waals surface area (Å²) < 4.78 is 24.1. The Labute approximate surface area is 236 Å². The molecule has 0 aliphatic carbocycles. The Morgan fingerprint density at radius 2 is 1.85 bits per heavy atom. The third-order valence-corrected chi connectivity index (χ3v) is 8.60. The van der Waals surface area contributed by atoms with Gasteiger partial charge in [-0.25, -0.2) is 4.98 Å². The molecule has 0 saturated carbocycles. The Hall–Kier alpha value is -2.84. The minimum atomic E-state index is -2.51. The van der Waals surface area contributed by atoms with Gasteiger partial charge in [0.2, 0.25) is 5.95 Å². The first-order valence-corrected chi connectivity index (χ1v) is 16.0. The number of anilines is 5. The van der Waals surface area contributed by atoms with E-state index in [1.807, 2.05) is 36.4 Å². The van der Waals surface area contributed by atoms with Crippen molar-refractivity contribution in [3.63, 3.8) is 0 Å². The molecule has 0 amide bonds. The first-order chi connectivity index (χ1) is 18.7. The summed E-state index contributed by atoms with van der Waals surface area (Å²) in [5.41, 5.74) is 2.55. The average molecular weight is 573 g/mol. The van der Waals surface area contributed by atoms with E-state index in [1.165, 1.54) is 0 Å². The van der Waals surface area contributed by atoms with Crippen molar-refractivity contribution in [2.45, 2.75) is 18.9 Å². The van der Waals surface area contributed by atoms with Gasteiger partial charge >= 0.3 is 0 Å². The van der Waals surface area contributed by atoms with Crippen LogP contribution in [0.4, 0.5) is 28.8 Å². The largest absolute Gasteiger partial charge is 0.489 e. The van der Waals surface area contributed by atoms with E-state index in [2.05, 4.69) is 50.6 Å². The molecular formula is C28H38ClN6O3P. The lowest BCUT2D eigenvalue weighted by atomic mass is 10.0. The highest BCUT2D eigenvalue weighted by molar-refractivity contribution is 7.70. The van der Waals surface area contributed by atoms with Crippen molar-refractivity contribution >= 4 is 52.9 Å². The van der Waals surface area contributed by atoms with Crippen molar-refractivity contribution in [3.8, 4) is 5.75 Å². The number of halogens is 1. The highest BCUT2D eigenvalue weighted by Crippen LogP contribution is 2.39. The van der Waals surface area contributed by atoms with Gasteiger partial charge < -0.3 is 34.5 Å². The van der Waals surface area contributed by atoms with Crippen molar-refractivity contribution in [2.75, 3.05) is 76.4 Å². The number of rotatable bonds is 11. The standard InChI is InChI=1S/C28H38ClN6O3P/c1-34(2)21-12-14-35(15-13-21)24-11-10-20(18-25(24)38-17-16-37-3)31-28-30-19-22(29)27(33-28)32-23-8-6-7-9-26(23)39(4,5)36/h6-11,18-19,21H,12-17H2,1-5H3,(H2,30,31,32,33). The Bertz CT molecular complexity index is 1310. The van der Waals surface area contributed by atoms with Gasteiger partial charge in [-0.1, -0.05) is 23.7 Å². The van der Waals surface area contributed by atoms with Crippen LogP contribution < -0.4 is 25.6 Å². The summed E-state index contributed by atoms with van der Waals surface area (Å²) in [6, 6.07) is 14.1. The van der Waals surface area contributed by atoms with Crippen LogP contribution in [0.3, 0.4) is 0 Å². The van der Waals surface area contributed by atoms with Crippen LogP contribution in [0.2, 0.25) is 5.02 Å². The Kier molecular flexibility index (Phi) is 9.72. The van der Waals surface area contributed by atoms with E-state index in [-0.39, 0.29) is 0 Å². The third kappa shape index (κ3) is 7.63. The number of ether oxygens (including phenoxy) is 2. The van der Waals surface area contributed by atoms with Crippen molar-refractivity contribution in [3.05, 3.63) is 53.7 Å². The number of hydrogen-bond acceptors (Lipinski definition) is 9. The van der Waals surface area contributed by atoms with Gasteiger partial charge in [-0.15, -0.1) is 0 Å². The number of piperidine rings is 1. The van der Waals surface area contributed by atoms with Gasteiger partial charge in [0, 0.05) is 43.3 Å². The van der Waals surface area contributed by atoms with E-state index in [0.717, 1.165) is 48.4 Å². The fraction of sp³-hybridized carbons (Fsp3) is 0.429. The van der Waals surface area contributed by atoms with Crippen LogP contribution in [0.25, 0.3) is 0 Å². The van der Waals surface area contributed by atoms with Crippen LogP contribution >= 0.6 is 18.7 Å². The van der Waals surface area contributed by atoms with E-state index < -0.39 is 7.14 Å². The van der Waals surface area contributed by atoms with Gasteiger partial charge in [0.15, 0.2) is 5.82 Å². The monoisotopic (exact) mass is 572 g/mol. The van der Waals surface area contributed by atoms with Gasteiger partial charge in [-0.2, -0.15) is 4.98 Å². The molecule has 1 aliphatic rings. The Morgan fingerprint density at radius 3 is 2.54 bits per heavy atom. The molecule has 0 bridgehead atoms. The molecule has 1 aliphatic heterocycles. The van der Waals surface area contributed by atoms with Gasteiger partial charge in [0.25, 0.3) is 0 Å². The van der Waals surface area contributed by atoms with Gasteiger partial charge in [-0.3, -0.25) is 0 Å². The van der Waals surface area contributed by atoms with Crippen LogP contribution in [0.1, 0.15) is 12.8 Å². The number of hydrogen-bond donors (Lipinski definition) is 2. The number of nitrogens with zero attached hydrogens (tertiary/aromatic N) is 4. The second-order valence-corrected chi connectivity index (χ2v) is 13.8. The minimum absolute atomic E-state index is 0.359. The summed E-state index contributed by atoms with van der Waals surface area (Å²) >= 11 is 6.42. The topological polar surface area (TPSA) is 91.8 Å². The Balaban J connectivity index is 1.55. The van der Waals surface area contributed by atoms with Crippen LogP contribution in [0.15, 0.2) is 48.7 Å². The molecule has 0 spiro atoms. The quantitative estimate of drug-likeness (QED) is 0.231. The average Bonchev–Trinajstić information content (AvgIpc) is 2.91. The molecule has 4 rings (SSSR count). The molecule has 39 heavy (non-hydrogen) atoms. The van der Waals surface area contributed by atoms with Gasteiger partial charge in [-0.05, 0) is 64.5 Å². The molecule has 0 atom stereocenters. The molecule has 0 radical (unpaired) electrons. The van der Waals surface area contributed by atoms with Crippen molar-refractivity contribution < 1.29 is 14.0 Å². The maximum Gasteiger partial charge on any atom is 0.229 e. The van der Waals surface area contributed by atoms with Crippen LogP contribution in [-0.4, -0.2) is 81.7 Å². The molecule has 3 aromatic rings. The third-order valence-electron chi connectivity index (χ3n) is 6.78. The molecule has 0 unspecified atom stereocenters. The van der Waals surface area contributed by atoms with E-state index in [0.29, 0.717) is 41.7 Å². The molecule has 11 heteroatoms. The molecule has 9 nitrogen and oxygen atoms in total. The lowest BCUT2D eigenvalue weighted by molar-refractivity contribution is 0.146. The smallest absolute Gasteiger partial charge is 0.229 e. The van der Waals surface area contributed by atoms with Crippen LogP contribution in [-0.2, 0) is 9.30 Å². The lowest BCUT2D eigenvalue weighted by Crippen LogP contribution is -2.42. The number of nitrogens with one attached hydrogen (secondary N) is 2. The highest BCUT2D eigenvalue weighted by atomic mass is 35.5. The molecule has 2 N–H and O–H groups in total. The lowest BCUT2D eigenvalue weighted by Gasteiger charge is -2.37. The van der Waals surface area contributed by atoms with E-state index in [1.54, 1.807) is 26.6 Å². The second kappa shape index (κ2) is 13.0. The maximum absolute atomic E-state index is 12.8. The van der Waals surface area contributed by atoms with Crippen LogP contribution in [0.5, 0.6) is 5.75 Å². The number of methoxy groups -OCH3 is 1. The fourth-order valence-electron chi connectivity index (χ4n) is 4.65. The fourth-order valence-corrected chi connectivity index (χ4v) is 5.94. The number of benzene rings is 2. The summed E-state index contributed by atoms with van der Waals surface area (Å²) in [4.78, 5) is 13.6. The zero-order valence-corrected chi connectivity index (χ0v) is 24.9. The van der Waals surface area contributed by atoms with Crippen molar-refractivity contribution in [1.29, 1.82) is 0 Å². The molecule has 2 heterocycles. The Morgan fingerprint density at radius 1 is 1.10 bits per heavy atom. The normalized spacial score (nSPS) is 14.5. The number of aromatic nitrogens is 2. The summed E-state index contributed by atoms with van der Waals surface area (Å²) in [6.07, 6.45) is 3.75. The summed E-state index contributed by atoms with van der Waals surface area (Å²) in [7, 11) is 3.44. The van der Waals surface area contributed by atoms with Crippen LogP contribution in [0, 0.1) is 0 Å². The molecule has 1 saturated heterocycles. The first-order valence-electron chi connectivity index (χ1n) is 13.0. The summed E-state index contributed by atoms with van der Waals surface area (Å²) in [6.45, 7) is 6.36. The minimum Gasteiger partial charge on any atom is -0.489 e. The van der Waals surface area contributed by atoms with E-state index >= 15 is 0 Å². The summed E-state index contributed by atoms with van der Waals surface area (Å²) in [5.74, 6) is 1.58. The van der Waals surface area contributed by atoms with E-state index in [4.69, 9.17) is 21.1 Å². The van der Waals surface area contributed by atoms with Gasteiger partial charge in [0.1, 0.15) is 24.5 Å². The van der Waals surface area contributed by atoms with E-state index in [9.17, 15) is 4.57 Å². The predicted octanol–water partition coefficient (Wildman–Crippen LogP) is 5.42. The first kappa shape index (κ1) is 29.2. The van der Waals surface area contributed by atoms with Gasteiger partial charge in [0.05, 0.1) is 24.2 Å². The maximum atomic E-state index is 12.8. The predicted molar refractivity (Wildman–Crippen MR) is 162 cm³/mol. The molecule has 2 aromatic carbocycles. The second-order valence-electron chi connectivity index (χ2n) is 10.2. The number of para-hydroxylation sites is 1. The molecule has 1 fully saturated rings. The molecule has 1 aromatic heterocycles. The molecular weight excluding hydrogens is 535 g/mol. The zero-order valence-electron chi connectivity index (χ0n) is 23.3. The summed E-state index contributed by atoms with van der Waals surface area (Å²) in [5, 5.41) is 7.60.